The van der Waals surface area contributed by atoms with E-state index in [2.05, 4.69) is 6.92 Å². The van der Waals surface area contributed by atoms with Crippen LogP contribution in [0.15, 0.2) is 0 Å². The van der Waals surface area contributed by atoms with Crippen LogP contribution < -0.4 is 5.73 Å². The molecular weight excluding hydrogens is 178 g/mol. The zero-order valence-corrected chi connectivity index (χ0v) is 9.58. The van der Waals surface area contributed by atoms with Crippen LogP contribution in [0.2, 0.25) is 0 Å². The largest absolute Gasteiger partial charge is 0.466 e. The van der Waals surface area contributed by atoms with Gasteiger partial charge in [0.1, 0.15) is 0 Å². The number of hydrogen-bond donors (Lipinski definition) is 1. The first-order valence-electron chi connectivity index (χ1n) is 5.55. The monoisotopic (exact) mass is 201 g/mol. The highest BCUT2D eigenvalue weighted by Crippen LogP contribution is 2.14. The molecule has 0 aliphatic rings. The first kappa shape index (κ1) is 13.4. The summed E-state index contributed by atoms with van der Waals surface area (Å²) in [5.74, 6) is -0.264. The summed E-state index contributed by atoms with van der Waals surface area (Å²) in [5.41, 5.74) is 5.75. The number of unbranched alkanes of at least 4 members (excludes halogenated alkanes) is 2. The van der Waals surface area contributed by atoms with Gasteiger partial charge in [-0.05, 0) is 20.3 Å². The first-order chi connectivity index (χ1) is 6.63. The molecule has 0 bridgehead atoms. The van der Waals surface area contributed by atoms with Gasteiger partial charge in [0, 0.05) is 6.04 Å². The molecule has 0 saturated heterocycles. The molecule has 2 atom stereocenters. The molecule has 0 rings (SSSR count). The van der Waals surface area contributed by atoms with E-state index in [1.54, 1.807) is 0 Å². The van der Waals surface area contributed by atoms with Crippen LogP contribution in [0.3, 0.4) is 0 Å². The van der Waals surface area contributed by atoms with Crippen molar-refractivity contribution in [2.75, 3.05) is 6.61 Å². The fourth-order valence-corrected chi connectivity index (χ4v) is 1.46. The standard InChI is InChI=1S/C11H23NO2/c1-4-6-7-8-10(9(3)12)11(13)14-5-2/h9-10H,4-8,12H2,1-3H3. The summed E-state index contributed by atoms with van der Waals surface area (Å²) in [6.45, 7) is 6.27. The third-order valence-corrected chi connectivity index (χ3v) is 2.34. The summed E-state index contributed by atoms with van der Waals surface area (Å²) in [6, 6.07) is -0.106. The van der Waals surface area contributed by atoms with Crippen molar-refractivity contribution in [2.24, 2.45) is 11.7 Å². The van der Waals surface area contributed by atoms with Crippen LogP contribution in [-0.2, 0) is 9.53 Å². The molecule has 2 unspecified atom stereocenters. The lowest BCUT2D eigenvalue weighted by molar-refractivity contribution is -0.148. The highest BCUT2D eigenvalue weighted by atomic mass is 16.5. The van der Waals surface area contributed by atoms with Crippen LogP contribution in [-0.4, -0.2) is 18.6 Å². The van der Waals surface area contributed by atoms with Crippen molar-refractivity contribution in [1.29, 1.82) is 0 Å². The van der Waals surface area contributed by atoms with Gasteiger partial charge < -0.3 is 10.5 Å². The van der Waals surface area contributed by atoms with Crippen molar-refractivity contribution >= 4 is 5.97 Å². The van der Waals surface area contributed by atoms with Gasteiger partial charge in [0.25, 0.3) is 0 Å². The Morgan fingerprint density at radius 2 is 2.00 bits per heavy atom. The number of hydrogen-bond acceptors (Lipinski definition) is 3. The minimum Gasteiger partial charge on any atom is -0.466 e. The lowest BCUT2D eigenvalue weighted by atomic mass is 9.95. The first-order valence-corrected chi connectivity index (χ1v) is 5.55. The third-order valence-electron chi connectivity index (χ3n) is 2.34. The second-order valence-electron chi connectivity index (χ2n) is 3.71. The zero-order valence-electron chi connectivity index (χ0n) is 9.58. The number of rotatable bonds is 7. The van der Waals surface area contributed by atoms with Crippen molar-refractivity contribution in [3.8, 4) is 0 Å². The summed E-state index contributed by atoms with van der Waals surface area (Å²) < 4.78 is 4.98. The van der Waals surface area contributed by atoms with Gasteiger partial charge >= 0.3 is 5.97 Å². The number of nitrogens with two attached hydrogens (primary N) is 1. The maximum absolute atomic E-state index is 11.5. The molecule has 0 spiro atoms. The van der Waals surface area contributed by atoms with Crippen LogP contribution >= 0.6 is 0 Å². The Balaban J connectivity index is 3.95. The number of carbonyl (C=O) groups excluding carboxylic acids is 1. The molecular formula is C11H23NO2. The Labute approximate surface area is 87.0 Å². The minimum atomic E-state index is -0.140. The van der Waals surface area contributed by atoms with Crippen molar-refractivity contribution in [3.63, 3.8) is 0 Å². The number of carbonyl (C=O) groups is 1. The summed E-state index contributed by atoms with van der Waals surface area (Å²) in [7, 11) is 0. The SMILES string of the molecule is CCCCCC(C(=O)OCC)C(C)N. The van der Waals surface area contributed by atoms with Gasteiger partial charge in [0.2, 0.25) is 0 Å². The second kappa shape index (κ2) is 7.80. The fourth-order valence-electron chi connectivity index (χ4n) is 1.46. The van der Waals surface area contributed by atoms with Crippen LogP contribution in [0, 0.1) is 5.92 Å². The van der Waals surface area contributed by atoms with E-state index in [1.165, 1.54) is 0 Å². The second-order valence-corrected chi connectivity index (χ2v) is 3.71. The Morgan fingerprint density at radius 1 is 1.36 bits per heavy atom. The fraction of sp³-hybridized carbons (Fsp3) is 0.909. The number of ether oxygens (including phenoxy) is 1. The van der Waals surface area contributed by atoms with Gasteiger partial charge in [0.05, 0.1) is 12.5 Å². The third kappa shape index (κ3) is 5.22. The molecule has 84 valence electrons. The van der Waals surface area contributed by atoms with Gasteiger partial charge in [-0.2, -0.15) is 0 Å². The van der Waals surface area contributed by atoms with Crippen molar-refractivity contribution in [2.45, 2.75) is 52.5 Å². The smallest absolute Gasteiger partial charge is 0.310 e. The van der Waals surface area contributed by atoms with E-state index in [9.17, 15) is 4.79 Å². The normalized spacial score (nSPS) is 14.9. The van der Waals surface area contributed by atoms with Gasteiger partial charge in [-0.1, -0.05) is 26.2 Å². The van der Waals surface area contributed by atoms with E-state index in [0.717, 1.165) is 25.7 Å². The van der Waals surface area contributed by atoms with Crippen molar-refractivity contribution in [3.05, 3.63) is 0 Å². The lowest BCUT2D eigenvalue weighted by Gasteiger charge is -2.18. The number of esters is 1. The van der Waals surface area contributed by atoms with E-state index in [1.807, 2.05) is 13.8 Å². The van der Waals surface area contributed by atoms with E-state index in [-0.39, 0.29) is 17.9 Å². The molecule has 3 heteroatoms. The minimum absolute atomic E-state index is 0.106. The summed E-state index contributed by atoms with van der Waals surface area (Å²) in [5, 5.41) is 0. The summed E-state index contributed by atoms with van der Waals surface area (Å²) in [6.07, 6.45) is 4.23. The molecule has 0 aromatic heterocycles. The van der Waals surface area contributed by atoms with Crippen LogP contribution in [0.5, 0.6) is 0 Å². The van der Waals surface area contributed by atoms with E-state index < -0.39 is 0 Å². The predicted octanol–water partition coefficient (Wildman–Crippen LogP) is 2.09. The van der Waals surface area contributed by atoms with Crippen LogP contribution in [0.4, 0.5) is 0 Å². The Hall–Kier alpha value is -0.570. The zero-order chi connectivity index (χ0) is 11.0. The molecule has 0 aliphatic carbocycles. The Morgan fingerprint density at radius 3 is 2.43 bits per heavy atom. The molecule has 0 amide bonds. The van der Waals surface area contributed by atoms with Crippen molar-refractivity contribution < 1.29 is 9.53 Å². The Kier molecular flexibility index (Phi) is 7.48. The molecule has 14 heavy (non-hydrogen) atoms. The average molecular weight is 201 g/mol. The molecule has 0 heterocycles. The van der Waals surface area contributed by atoms with E-state index in [0.29, 0.717) is 6.61 Å². The molecule has 0 aliphatic heterocycles. The summed E-state index contributed by atoms with van der Waals surface area (Å²) in [4.78, 5) is 11.5. The van der Waals surface area contributed by atoms with E-state index in [4.69, 9.17) is 10.5 Å². The van der Waals surface area contributed by atoms with Gasteiger partial charge in [-0.25, -0.2) is 0 Å². The van der Waals surface area contributed by atoms with Gasteiger partial charge in [-0.15, -0.1) is 0 Å². The maximum Gasteiger partial charge on any atom is 0.310 e. The average Bonchev–Trinajstić information content (AvgIpc) is 2.12. The van der Waals surface area contributed by atoms with Crippen LogP contribution in [0.25, 0.3) is 0 Å². The molecule has 0 aromatic rings. The van der Waals surface area contributed by atoms with Crippen molar-refractivity contribution in [1.82, 2.24) is 0 Å². The molecule has 2 N–H and O–H groups in total. The molecule has 0 saturated carbocycles. The molecule has 3 nitrogen and oxygen atoms in total. The topological polar surface area (TPSA) is 52.3 Å². The Bertz CT molecular complexity index is 157. The van der Waals surface area contributed by atoms with Gasteiger partial charge in [-0.3, -0.25) is 4.79 Å². The maximum atomic E-state index is 11.5. The highest BCUT2D eigenvalue weighted by molar-refractivity contribution is 5.73. The van der Waals surface area contributed by atoms with Crippen LogP contribution in [0.1, 0.15) is 46.5 Å². The molecule has 0 fully saturated rings. The molecule has 0 radical (unpaired) electrons. The predicted molar refractivity (Wildman–Crippen MR) is 57.9 cm³/mol. The quantitative estimate of drug-likeness (QED) is 0.507. The lowest BCUT2D eigenvalue weighted by Crippen LogP contribution is -2.34. The van der Waals surface area contributed by atoms with E-state index >= 15 is 0 Å². The highest BCUT2D eigenvalue weighted by Gasteiger charge is 2.22. The van der Waals surface area contributed by atoms with Gasteiger partial charge in [0.15, 0.2) is 0 Å². The molecule has 0 aromatic carbocycles. The summed E-state index contributed by atoms with van der Waals surface area (Å²) >= 11 is 0.